The molecule has 1 atom stereocenters. The van der Waals surface area contributed by atoms with Gasteiger partial charge in [-0.05, 0) is 89.9 Å². The number of esters is 3. The van der Waals surface area contributed by atoms with Gasteiger partial charge < -0.3 is 14.2 Å². The first kappa shape index (κ1) is 70.8. The van der Waals surface area contributed by atoms with E-state index in [1.807, 2.05) is 0 Å². The van der Waals surface area contributed by atoms with E-state index in [0.29, 0.717) is 19.3 Å². The minimum Gasteiger partial charge on any atom is -0.462 e. The van der Waals surface area contributed by atoms with Crippen molar-refractivity contribution in [1.82, 2.24) is 0 Å². The van der Waals surface area contributed by atoms with Crippen LogP contribution in [0.1, 0.15) is 323 Å². The van der Waals surface area contributed by atoms with Crippen molar-refractivity contribution in [3.8, 4) is 0 Å². The minimum atomic E-state index is -0.792. The molecule has 0 aromatic carbocycles. The predicted octanol–water partition coefficient (Wildman–Crippen LogP) is 21.7. The second-order valence-corrected chi connectivity index (χ2v) is 21.3. The molecule has 0 aliphatic rings. The van der Waals surface area contributed by atoms with Crippen LogP contribution in [0.2, 0.25) is 0 Å². The fraction of sp³-hybridized carbons (Fsp3) is 0.779. The van der Waals surface area contributed by atoms with Crippen molar-refractivity contribution in [3.63, 3.8) is 0 Å². The van der Waals surface area contributed by atoms with E-state index < -0.39 is 6.10 Å². The molecule has 0 rings (SSSR count). The van der Waals surface area contributed by atoms with E-state index >= 15 is 0 Å². The summed E-state index contributed by atoms with van der Waals surface area (Å²) in [5.74, 6) is -0.916. The van der Waals surface area contributed by atoms with Crippen LogP contribution in [-0.2, 0) is 28.6 Å². The van der Waals surface area contributed by atoms with E-state index in [2.05, 4.69) is 93.7 Å². The monoisotopic (exact) mass is 1030 g/mol. The Morgan fingerprint density at radius 2 is 0.527 bits per heavy atom. The van der Waals surface area contributed by atoms with Gasteiger partial charge in [-0.15, -0.1) is 0 Å². The zero-order chi connectivity index (χ0) is 53.6. The molecule has 0 aromatic rings. The van der Waals surface area contributed by atoms with Crippen LogP contribution in [0, 0.1) is 0 Å². The molecule has 0 fully saturated rings. The molecular formula is C68H120O6. The van der Waals surface area contributed by atoms with E-state index in [4.69, 9.17) is 14.2 Å². The Labute approximate surface area is 459 Å². The van der Waals surface area contributed by atoms with E-state index in [-0.39, 0.29) is 31.1 Å². The lowest BCUT2D eigenvalue weighted by atomic mass is 10.0. The molecule has 0 saturated carbocycles. The maximum Gasteiger partial charge on any atom is 0.306 e. The average Bonchev–Trinajstić information content (AvgIpc) is 3.40. The minimum absolute atomic E-state index is 0.0868. The van der Waals surface area contributed by atoms with Crippen molar-refractivity contribution in [2.75, 3.05) is 13.2 Å². The Hall–Kier alpha value is -3.15. The van der Waals surface area contributed by atoms with Crippen molar-refractivity contribution >= 4 is 17.9 Å². The number of unbranched alkanes of at least 4 members (excludes halogenated alkanes) is 35. The number of allylic oxidation sites excluding steroid dienone is 12. The first-order chi connectivity index (χ1) is 36.5. The van der Waals surface area contributed by atoms with Gasteiger partial charge in [0.25, 0.3) is 0 Å². The number of rotatable bonds is 58. The molecule has 0 amide bonds. The maximum atomic E-state index is 12.9. The van der Waals surface area contributed by atoms with Gasteiger partial charge in [-0.3, -0.25) is 14.4 Å². The Morgan fingerprint density at radius 3 is 0.851 bits per heavy atom. The third-order valence-corrected chi connectivity index (χ3v) is 13.9. The topological polar surface area (TPSA) is 78.9 Å². The highest BCUT2D eigenvalue weighted by Gasteiger charge is 2.19. The normalized spacial score (nSPS) is 12.5. The largest absolute Gasteiger partial charge is 0.462 e. The number of carbonyl (C=O) groups is 3. The fourth-order valence-corrected chi connectivity index (χ4v) is 9.17. The highest BCUT2D eigenvalue weighted by atomic mass is 16.6. The Bertz CT molecular complexity index is 1370. The molecule has 0 bridgehead atoms. The SMILES string of the molecule is CC/C=C\C/C=C\C/C=C\C/C=C\CCCCC(=O)OCC(COC(=O)CCCCCCCCCCCCC/C=C\C/C=C\CCCCCCC)OC(=O)CCCCCCCCCCCCCCCCCCCC. The first-order valence-electron chi connectivity index (χ1n) is 31.9. The predicted molar refractivity (Wildman–Crippen MR) is 321 cm³/mol. The van der Waals surface area contributed by atoms with Gasteiger partial charge in [-0.1, -0.05) is 286 Å². The summed E-state index contributed by atoms with van der Waals surface area (Å²) in [6.07, 6.45) is 80.5. The van der Waals surface area contributed by atoms with Gasteiger partial charge in [0.15, 0.2) is 6.10 Å². The summed E-state index contributed by atoms with van der Waals surface area (Å²) in [5, 5.41) is 0. The zero-order valence-corrected chi connectivity index (χ0v) is 49.1. The molecule has 0 aromatic heterocycles. The molecule has 0 N–H and O–H groups in total. The van der Waals surface area contributed by atoms with E-state index in [1.54, 1.807) is 0 Å². The molecule has 6 heteroatoms. The molecule has 0 spiro atoms. The lowest BCUT2D eigenvalue weighted by Crippen LogP contribution is -2.30. The van der Waals surface area contributed by atoms with E-state index in [9.17, 15) is 14.4 Å². The highest BCUT2D eigenvalue weighted by Crippen LogP contribution is 2.17. The van der Waals surface area contributed by atoms with Crippen LogP contribution < -0.4 is 0 Å². The van der Waals surface area contributed by atoms with E-state index in [1.165, 1.54) is 193 Å². The van der Waals surface area contributed by atoms with Crippen molar-refractivity contribution < 1.29 is 28.6 Å². The lowest BCUT2D eigenvalue weighted by Gasteiger charge is -2.18. The smallest absolute Gasteiger partial charge is 0.306 e. The lowest BCUT2D eigenvalue weighted by molar-refractivity contribution is -0.167. The molecular weight excluding hydrogens is 913 g/mol. The van der Waals surface area contributed by atoms with Crippen molar-refractivity contribution in [2.24, 2.45) is 0 Å². The summed E-state index contributed by atoms with van der Waals surface area (Å²) >= 11 is 0. The van der Waals surface area contributed by atoms with Gasteiger partial charge in [-0.2, -0.15) is 0 Å². The first-order valence-corrected chi connectivity index (χ1v) is 31.9. The molecule has 6 nitrogen and oxygen atoms in total. The van der Waals surface area contributed by atoms with Gasteiger partial charge in [-0.25, -0.2) is 0 Å². The third-order valence-electron chi connectivity index (χ3n) is 13.9. The van der Waals surface area contributed by atoms with Crippen LogP contribution in [0.3, 0.4) is 0 Å². The molecule has 1 unspecified atom stereocenters. The van der Waals surface area contributed by atoms with Crippen LogP contribution >= 0.6 is 0 Å². The summed E-state index contributed by atoms with van der Waals surface area (Å²) in [6.45, 7) is 6.52. The molecule has 0 radical (unpaired) electrons. The van der Waals surface area contributed by atoms with Crippen LogP contribution in [0.15, 0.2) is 72.9 Å². The van der Waals surface area contributed by atoms with Gasteiger partial charge in [0.1, 0.15) is 13.2 Å². The average molecular weight is 1030 g/mol. The second kappa shape index (κ2) is 62.4. The number of hydrogen-bond acceptors (Lipinski definition) is 6. The number of hydrogen-bond donors (Lipinski definition) is 0. The molecule has 74 heavy (non-hydrogen) atoms. The Morgan fingerprint density at radius 1 is 0.284 bits per heavy atom. The Balaban J connectivity index is 4.36. The summed E-state index contributed by atoms with van der Waals surface area (Å²) in [4.78, 5) is 38.3. The third kappa shape index (κ3) is 59.7. The standard InChI is InChI=1S/C68H120O6/c1-4-7-10-13-16-19-22-25-28-30-32-33-34-35-36-38-40-43-46-49-52-55-58-61-67(70)73-64-65(63-72-66(69)60-57-54-51-48-45-42-39-27-24-21-18-15-12-9-6-3)74-68(71)62-59-56-53-50-47-44-41-37-31-29-26-23-20-17-14-11-8-5-2/h9,12,18,21-22,25,27,30,32,39,45,48,65H,4-8,10-11,13-17,19-20,23-24,26,28-29,31,33-38,40-44,46-47,49-64H2,1-3H3/b12-9-,21-18-,25-22-,32-30-,39-27-,48-45-. The van der Waals surface area contributed by atoms with Gasteiger partial charge >= 0.3 is 17.9 Å². The van der Waals surface area contributed by atoms with Crippen molar-refractivity contribution in [2.45, 2.75) is 329 Å². The highest BCUT2D eigenvalue weighted by molar-refractivity contribution is 5.71. The number of carbonyl (C=O) groups excluding carboxylic acids is 3. The second-order valence-electron chi connectivity index (χ2n) is 21.3. The molecule has 0 aliphatic carbocycles. The maximum absolute atomic E-state index is 12.9. The van der Waals surface area contributed by atoms with Crippen molar-refractivity contribution in [3.05, 3.63) is 72.9 Å². The van der Waals surface area contributed by atoms with Crippen LogP contribution in [0.25, 0.3) is 0 Å². The summed E-state index contributed by atoms with van der Waals surface area (Å²) in [6, 6.07) is 0. The van der Waals surface area contributed by atoms with Crippen LogP contribution in [0.4, 0.5) is 0 Å². The fourth-order valence-electron chi connectivity index (χ4n) is 9.17. The van der Waals surface area contributed by atoms with Gasteiger partial charge in [0.05, 0.1) is 0 Å². The summed E-state index contributed by atoms with van der Waals surface area (Å²) in [5.41, 5.74) is 0. The molecule has 428 valence electrons. The van der Waals surface area contributed by atoms with Crippen LogP contribution in [0.5, 0.6) is 0 Å². The zero-order valence-electron chi connectivity index (χ0n) is 49.1. The van der Waals surface area contributed by atoms with Crippen molar-refractivity contribution in [1.29, 1.82) is 0 Å². The van der Waals surface area contributed by atoms with Crippen LogP contribution in [-0.4, -0.2) is 37.2 Å². The van der Waals surface area contributed by atoms with Gasteiger partial charge in [0, 0.05) is 19.3 Å². The van der Waals surface area contributed by atoms with Gasteiger partial charge in [0.2, 0.25) is 0 Å². The summed E-state index contributed by atoms with van der Waals surface area (Å²) in [7, 11) is 0. The molecule has 0 saturated heterocycles. The Kier molecular flexibility index (Phi) is 59.7. The number of ether oxygens (including phenoxy) is 3. The quantitative estimate of drug-likeness (QED) is 0.0261. The summed E-state index contributed by atoms with van der Waals surface area (Å²) < 4.78 is 16.9. The van der Waals surface area contributed by atoms with E-state index in [0.717, 1.165) is 89.9 Å². The molecule has 0 heterocycles. The molecule has 0 aliphatic heterocycles.